The van der Waals surface area contributed by atoms with Crippen LogP contribution in [0.15, 0.2) is 0 Å². The van der Waals surface area contributed by atoms with Crippen LogP contribution in [0, 0.1) is 31.1 Å². The van der Waals surface area contributed by atoms with E-state index in [1.54, 1.807) is 13.8 Å². The summed E-state index contributed by atoms with van der Waals surface area (Å²) in [6, 6.07) is 0. The maximum absolute atomic E-state index is 8.41. The van der Waals surface area contributed by atoms with Crippen molar-refractivity contribution in [3.8, 4) is 0 Å². The fourth-order valence-corrected chi connectivity index (χ4v) is 1.59. The quantitative estimate of drug-likeness (QED) is 0.672. The first kappa shape index (κ1) is 17.5. The van der Waals surface area contributed by atoms with Gasteiger partial charge >= 0.3 is 0 Å². The van der Waals surface area contributed by atoms with Gasteiger partial charge in [0.25, 0.3) is 0 Å². The van der Waals surface area contributed by atoms with E-state index in [0.717, 1.165) is 17.8 Å². The molecule has 0 amide bonds. The van der Waals surface area contributed by atoms with Crippen LogP contribution < -0.4 is 0 Å². The van der Waals surface area contributed by atoms with Gasteiger partial charge in [0.2, 0.25) is 0 Å². The first-order valence-electron chi connectivity index (χ1n) is 5.13. The molecular formula is C12H24OY-2. The van der Waals surface area contributed by atoms with E-state index < -0.39 is 5.60 Å². The first-order chi connectivity index (χ1) is 5.70. The zero-order chi connectivity index (χ0) is 10.6. The molecular weight excluding hydrogens is 249 g/mol. The predicted molar refractivity (Wildman–Crippen MR) is 58.1 cm³/mol. The van der Waals surface area contributed by atoms with E-state index in [-0.39, 0.29) is 32.7 Å². The van der Waals surface area contributed by atoms with Gasteiger partial charge in [-0.1, -0.05) is 52.6 Å². The Kier molecular flexibility index (Phi) is 9.17. The van der Waals surface area contributed by atoms with Gasteiger partial charge in [-0.25, -0.2) is 0 Å². The van der Waals surface area contributed by atoms with Crippen LogP contribution in [-0.2, 0) is 32.7 Å². The molecule has 0 aromatic rings. The maximum atomic E-state index is 8.41. The summed E-state index contributed by atoms with van der Waals surface area (Å²) in [5.41, 5.74) is -0.750. The summed E-state index contributed by atoms with van der Waals surface area (Å²) >= 11 is 0. The van der Waals surface area contributed by atoms with E-state index in [4.69, 9.17) is 5.11 Å². The van der Waals surface area contributed by atoms with E-state index in [1.165, 1.54) is 6.42 Å². The molecule has 3 unspecified atom stereocenters. The molecule has 1 fully saturated rings. The molecule has 0 saturated heterocycles. The van der Waals surface area contributed by atoms with Gasteiger partial charge in [-0.05, 0) is 0 Å². The van der Waals surface area contributed by atoms with Gasteiger partial charge in [-0.15, -0.1) is 0 Å². The van der Waals surface area contributed by atoms with Gasteiger partial charge in [0.1, 0.15) is 0 Å². The van der Waals surface area contributed by atoms with Crippen molar-refractivity contribution in [3.63, 3.8) is 0 Å². The van der Waals surface area contributed by atoms with Crippen LogP contribution in [0.3, 0.4) is 0 Å². The Morgan fingerprint density at radius 3 is 1.71 bits per heavy atom. The minimum absolute atomic E-state index is 0. The van der Waals surface area contributed by atoms with Crippen LogP contribution in [0.2, 0.25) is 0 Å². The average molecular weight is 273 g/mol. The second-order valence-electron chi connectivity index (χ2n) is 5.05. The fraction of sp³-hybridized carbons (Fsp3) is 0.833. The zero-order valence-corrected chi connectivity index (χ0v) is 13.1. The largest absolute Gasteiger partial charge is 0.423 e. The van der Waals surface area contributed by atoms with Crippen LogP contribution in [0.4, 0.5) is 0 Å². The summed E-state index contributed by atoms with van der Waals surface area (Å²) < 4.78 is 0. The van der Waals surface area contributed by atoms with Crippen molar-refractivity contribution in [2.45, 2.75) is 46.6 Å². The van der Waals surface area contributed by atoms with Crippen molar-refractivity contribution in [1.29, 1.82) is 0 Å². The Bertz CT molecular complexity index is 124. The third-order valence-corrected chi connectivity index (χ3v) is 2.27. The van der Waals surface area contributed by atoms with Crippen LogP contribution >= 0.6 is 0 Å². The van der Waals surface area contributed by atoms with Crippen molar-refractivity contribution < 1.29 is 37.8 Å². The van der Waals surface area contributed by atoms with Crippen LogP contribution in [0.1, 0.15) is 41.0 Å². The predicted octanol–water partition coefficient (Wildman–Crippen LogP) is 3.09. The molecule has 0 aliphatic heterocycles. The molecule has 0 bridgehead atoms. The minimum atomic E-state index is -0.750. The maximum Gasteiger partial charge on any atom is 0 e. The van der Waals surface area contributed by atoms with Gasteiger partial charge in [0.15, 0.2) is 0 Å². The van der Waals surface area contributed by atoms with Gasteiger partial charge in [-0.2, -0.15) is 11.8 Å². The molecule has 1 aliphatic carbocycles. The SMILES string of the molecule is CC1[CH-]C(C)C(C)C1.[CH2-]C(C)(C)O.[Y]. The molecule has 1 radical (unpaired) electrons. The second-order valence-corrected chi connectivity index (χ2v) is 5.05. The van der Waals surface area contributed by atoms with E-state index in [9.17, 15) is 0 Å². The summed E-state index contributed by atoms with van der Waals surface area (Å²) in [7, 11) is 0. The van der Waals surface area contributed by atoms with E-state index >= 15 is 0 Å². The summed E-state index contributed by atoms with van der Waals surface area (Å²) in [5.74, 6) is 2.68. The van der Waals surface area contributed by atoms with Gasteiger partial charge in [-0.3, -0.25) is 0 Å². The van der Waals surface area contributed by atoms with Crippen molar-refractivity contribution in [1.82, 2.24) is 0 Å². The molecule has 0 aromatic carbocycles. The number of hydrogen-bond donors (Lipinski definition) is 1. The van der Waals surface area contributed by atoms with Gasteiger partial charge in [0, 0.05) is 32.7 Å². The zero-order valence-electron chi connectivity index (χ0n) is 10.2. The molecule has 1 rings (SSSR count). The Hall–Kier alpha value is 1.06. The Labute approximate surface area is 115 Å². The van der Waals surface area contributed by atoms with E-state index in [1.807, 2.05) is 0 Å². The van der Waals surface area contributed by atoms with Crippen molar-refractivity contribution in [2.24, 2.45) is 17.8 Å². The van der Waals surface area contributed by atoms with Crippen molar-refractivity contribution >= 4 is 0 Å². The molecule has 0 heterocycles. The topological polar surface area (TPSA) is 20.2 Å². The summed E-state index contributed by atoms with van der Waals surface area (Å²) in [6.07, 6.45) is 3.87. The fourth-order valence-electron chi connectivity index (χ4n) is 1.59. The Morgan fingerprint density at radius 2 is 1.64 bits per heavy atom. The Balaban J connectivity index is 0. The minimum Gasteiger partial charge on any atom is -0.423 e. The van der Waals surface area contributed by atoms with E-state index in [0.29, 0.717) is 0 Å². The molecule has 1 saturated carbocycles. The molecule has 3 atom stereocenters. The normalized spacial score (nSPS) is 31.5. The molecule has 1 aliphatic rings. The van der Waals surface area contributed by atoms with Gasteiger partial charge in [0.05, 0.1) is 0 Å². The average Bonchev–Trinajstić information content (AvgIpc) is 2.05. The van der Waals surface area contributed by atoms with Crippen molar-refractivity contribution in [3.05, 3.63) is 13.3 Å². The first-order valence-corrected chi connectivity index (χ1v) is 5.13. The number of aliphatic hydroxyl groups is 1. The Morgan fingerprint density at radius 1 is 1.29 bits per heavy atom. The summed E-state index contributed by atoms with van der Waals surface area (Å²) in [5, 5.41) is 8.41. The van der Waals surface area contributed by atoms with Crippen LogP contribution in [0.25, 0.3) is 0 Å². The summed E-state index contributed by atoms with van der Waals surface area (Å²) in [6.45, 7) is 13.5. The molecule has 1 nitrogen and oxygen atoms in total. The molecule has 83 valence electrons. The standard InChI is InChI=1S/C8H15.C4H9O.Y/c1-6-4-7(2)8(3)5-6;1-4(2,3)5;/h4,6-8H,5H2,1-3H3;5H,1H2,2-3H3;/q2*-1;. The van der Waals surface area contributed by atoms with E-state index in [2.05, 4.69) is 34.1 Å². The number of hydrogen-bond acceptors (Lipinski definition) is 1. The molecule has 2 heteroatoms. The van der Waals surface area contributed by atoms with Crippen molar-refractivity contribution in [2.75, 3.05) is 0 Å². The molecule has 0 aromatic heterocycles. The molecule has 1 N–H and O–H groups in total. The smallest absolute Gasteiger partial charge is 0 e. The van der Waals surface area contributed by atoms with Gasteiger partial charge < -0.3 is 18.5 Å². The third kappa shape index (κ3) is 11.1. The third-order valence-electron chi connectivity index (χ3n) is 2.27. The van der Waals surface area contributed by atoms with Crippen LogP contribution in [0.5, 0.6) is 0 Å². The molecule has 14 heavy (non-hydrogen) atoms. The van der Waals surface area contributed by atoms with Crippen LogP contribution in [-0.4, -0.2) is 10.7 Å². The summed E-state index contributed by atoms with van der Waals surface area (Å²) in [4.78, 5) is 0. The second kappa shape index (κ2) is 7.36. The number of rotatable bonds is 0. The molecule has 0 spiro atoms. The monoisotopic (exact) mass is 273 g/mol.